The van der Waals surface area contributed by atoms with Gasteiger partial charge in [0, 0.05) is 20.1 Å². The van der Waals surface area contributed by atoms with E-state index in [0.717, 1.165) is 25.7 Å². The van der Waals surface area contributed by atoms with E-state index < -0.39 is 18.1 Å². The van der Waals surface area contributed by atoms with Gasteiger partial charge in [0.2, 0.25) is 5.91 Å². The third-order valence-electron chi connectivity index (χ3n) is 8.60. The number of benzene rings is 1. The third kappa shape index (κ3) is 4.34. The first kappa shape index (κ1) is 23.3. The van der Waals surface area contributed by atoms with Crippen molar-refractivity contribution in [1.82, 2.24) is 9.80 Å². The zero-order chi connectivity index (χ0) is 24.0. The van der Waals surface area contributed by atoms with Gasteiger partial charge in [0.15, 0.2) is 6.10 Å². The van der Waals surface area contributed by atoms with Gasteiger partial charge >= 0.3 is 5.97 Å². The first-order valence-electron chi connectivity index (χ1n) is 12.7. The SMILES string of the molecule is CC(OC(=O)C1CCCN1C(=O)C12CC3CC(CC(C3)C1)C2)C(=O)N(C)Cc1cccc(F)c1. The largest absolute Gasteiger partial charge is 0.451 e. The Kier molecular flexibility index (Phi) is 6.15. The highest BCUT2D eigenvalue weighted by Gasteiger charge is 2.57. The van der Waals surface area contributed by atoms with Gasteiger partial charge in [0.05, 0.1) is 5.41 Å². The van der Waals surface area contributed by atoms with Crippen LogP contribution in [0.15, 0.2) is 24.3 Å². The maximum absolute atomic E-state index is 13.8. The summed E-state index contributed by atoms with van der Waals surface area (Å²) in [4.78, 5) is 42.9. The molecule has 0 N–H and O–H groups in total. The van der Waals surface area contributed by atoms with Gasteiger partial charge in [-0.25, -0.2) is 9.18 Å². The van der Waals surface area contributed by atoms with Gasteiger partial charge in [-0.2, -0.15) is 0 Å². The number of likely N-dealkylation sites (N-methyl/N-ethyl adjacent to an activating group) is 1. The molecule has 1 aliphatic heterocycles. The van der Waals surface area contributed by atoms with Gasteiger partial charge in [-0.05, 0) is 93.7 Å². The molecular weight excluding hydrogens is 435 g/mol. The maximum Gasteiger partial charge on any atom is 0.329 e. The molecule has 4 bridgehead atoms. The number of amides is 2. The Morgan fingerprint density at radius 3 is 2.41 bits per heavy atom. The molecule has 2 atom stereocenters. The standard InChI is InChI=1S/C27H35FN2O4/c1-17(24(31)29(2)16-18-5-3-6-22(28)12-18)34-25(32)23-7-4-8-30(23)26(33)27-13-19-9-20(14-27)11-21(10-19)15-27/h3,5-6,12,17,19-21,23H,4,7-11,13-16H2,1-2H3. The lowest BCUT2D eigenvalue weighted by Crippen LogP contribution is -2.56. The molecule has 5 aliphatic rings. The fraction of sp³-hybridized carbons (Fsp3) is 0.667. The van der Waals surface area contributed by atoms with Crippen molar-refractivity contribution in [2.45, 2.75) is 77.0 Å². The number of hydrogen-bond donors (Lipinski definition) is 0. The first-order valence-corrected chi connectivity index (χ1v) is 12.7. The van der Waals surface area contributed by atoms with Gasteiger partial charge in [0.25, 0.3) is 5.91 Å². The topological polar surface area (TPSA) is 66.9 Å². The molecule has 4 saturated carbocycles. The maximum atomic E-state index is 13.8. The highest BCUT2D eigenvalue weighted by molar-refractivity contribution is 5.90. The molecule has 34 heavy (non-hydrogen) atoms. The zero-order valence-electron chi connectivity index (χ0n) is 20.2. The second-order valence-corrected chi connectivity index (χ2v) is 11.3. The molecule has 5 fully saturated rings. The molecule has 2 unspecified atom stereocenters. The Bertz CT molecular complexity index is 944. The van der Waals surface area contributed by atoms with E-state index in [-0.39, 0.29) is 29.6 Å². The second kappa shape index (κ2) is 8.97. The number of ether oxygens (including phenoxy) is 1. The van der Waals surface area contributed by atoms with Gasteiger partial charge in [-0.1, -0.05) is 12.1 Å². The van der Waals surface area contributed by atoms with Crippen LogP contribution in [0.2, 0.25) is 0 Å². The van der Waals surface area contributed by atoms with Gasteiger partial charge in [-0.3, -0.25) is 9.59 Å². The number of carbonyl (C=O) groups is 3. The van der Waals surface area contributed by atoms with Crippen molar-refractivity contribution in [2.75, 3.05) is 13.6 Å². The molecule has 0 radical (unpaired) electrons. The number of esters is 1. The molecule has 1 aromatic carbocycles. The van der Waals surface area contributed by atoms with Crippen LogP contribution in [0, 0.1) is 29.0 Å². The lowest BCUT2D eigenvalue weighted by Gasteiger charge is -2.56. The number of rotatable bonds is 6. The summed E-state index contributed by atoms with van der Waals surface area (Å²) in [6.45, 7) is 2.36. The van der Waals surface area contributed by atoms with Crippen LogP contribution in [0.4, 0.5) is 4.39 Å². The predicted octanol–water partition coefficient (Wildman–Crippen LogP) is 3.92. The summed E-state index contributed by atoms with van der Waals surface area (Å²) >= 11 is 0. The second-order valence-electron chi connectivity index (χ2n) is 11.3. The van der Waals surface area contributed by atoms with Crippen LogP contribution in [0.1, 0.15) is 63.9 Å². The number of halogens is 1. The summed E-state index contributed by atoms with van der Waals surface area (Å²) in [5, 5.41) is 0. The minimum absolute atomic E-state index is 0.147. The fourth-order valence-electron chi connectivity index (χ4n) is 7.53. The average Bonchev–Trinajstić information content (AvgIpc) is 3.27. The van der Waals surface area contributed by atoms with E-state index in [1.54, 1.807) is 31.0 Å². The molecule has 0 aromatic heterocycles. The van der Waals surface area contributed by atoms with Crippen molar-refractivity contribution in [3.63, 3.8) is 0 Å². The molecule has 1 aromatic rings. The van der Waals surface area contributed by atoms with Crippen LogP contribution in [-0.2, 0) is 25.7 Å². The molecular formula is C27H35FN2O4. The number of nitrogens with zero attached hydrogens (tertiary/aromatic N) is 2. The molecule has 6 rings (SSSR count). The summed E-state index contributed by atoms with van der Waals surface area (Å²) in [7, 11) is 1.61. The molecule has 184 valence electrons. The van der Waals surface area contributed by atoms with Crippen LogP contribution >= 0.6 is 0 Å². The smallest absolute Gasteiger partial charge is 0.329 e. The van der Waals surface area contributed by atoms with Gasteiger partial charge in [0.1, 0.15) is 11.9 Å². The summed E-state index contributed by atoms with van der Waals surface area (Å²) in [5.41, 5.74) is 0.377. The minimum atomic E-state index is -0.969. The van der Waals surface area contributed by atoms with Crippen LogP contribution in [-0.4, -0.2) is 53.3 Å². The van der Waals surface area contributed by atoms with Crippen molar-refractivity contribution in [1.29, 1.82) is 0 Å². The summed E-state index contributed by atoms with van der Waals surface area (Å²) < 4.78 is 19.0. The molecule has 1 heterocycles. The summed E-state index contributed by atoms with van der Waals surface area (Å²) in [6, 6.07) is 5.47. The van der Waals surface area contributed by atoms with E-state index in [1.807, 2.05) is 0 Å². The van der Waals surface area contributed by atoms with Crippen molar-refractivity contribution in [3.05, 3.63) is 35.6 Å². The Hall–Kier alpha value is -2.44. The minimum Gasteiger partial charge on any atom is -0.451 e. The zero-order valence-corrected chi connectivity index (χ0v) is 20.2. The lowest BCUT2D eigenvalue weighted by atomic mass is 9.49. The Labute approximate surface area is 200 Å². The molecule has 2 amide bonds. The van der Waals surface area contributed by atoms with Crippen LogP contribution in [0.25, 0.3) is 0 Å². The highest BCUT2D eigenvalue weighted by atomic mass is 19.1. The normalized spacial score (nSPS) is 32.5. The highest BCUT2D eigenvalue weighted by Crippen LogP contribution is 2.60. The van der Waals surface area contributed by atoms with E-state index in [2.05, 4.69) is 0 Å². The number of hydrogen-bond acceptors (Lipinski definition) is 4. The molecule has 1 saturated heterocycles. The number of carbonyl (C=O) groups excluding carboxylic acids is 3. The van der Waals surface area contributed by atoms with Crippen molar-refractivity contribution in [2.24, 2.45) is 23.2 Å². The predicted molar refractivity (Wildman–Crippen MR) is 124 cm³/mol. The van der Waals surface area contributed by atoms with Crippen molar-refractivity contribution in [3.8, 4) is 0 Å². The molecule has 7 heteroatoms. The van der Waals surface area contributed by atoms with Crippen molar-refractivity contribution >= 4 is 17.8 Å². The van der Waals surface area contributed by atoms with E-state index >= 15 is 0 Å². The summed E-state index contributed by atoms with van der Waals surface area (Å²) in [6.07, 6.45) is 7.09. The quantitative estimate of drug-likeness (QED) is 0.591. The van der Waals surface area contributed by atoms with Crippen LogP contribution in [0.3, 0.4) is 0 Å². The van der Waals surface area contributed by atoms with Crippen LogP contribution < -0.4 is 0 Å². The third-order valence-corrected chi connectivity index (χ3v) is 8.60. The number of likely N-dealkylation sites (tertiary alicyclic amines) is 1. The Morgan fingerprint density at radius 2 is 1.79 bits per heavy atom. The van der Waals surface area contributed by atoms with E-state index in [4.69, 9.17) is 4.74 Å². The monoisotopic (exact) mass is 470 g/mol. The van der Waals surface area contributed by atoms with E-state index in [1.165, 1.54) is 36.3 Å². The van der Waals surface area contributed by atoms with E-state index in [0.29, 0.717) is 36.3 Å². The molecule has 4 aliphatic carbocycles. The van der Waals surface area contributed by atoms with Gasteiger partial charge < -0.3 is 14.5 Å². The molecule has 0 spiro atoms. The summed E-state index contributed by atoms with van der Waals surface area (Å²) in [5.74, 6) is 0.930. The Balaban J connectivity index is 1.21. The molecule has 6 nitrogen and oxygen atoms in total. The Morgan fingerprint density at radius 1 is 1.15 bits per heavy atom. The first-order chi connectivity index (χ1) is 16.2. The van der Waals surface area contributed by atoms with Crippen molar-refractivity contribution < 1.29 is 23.5 Å². The van der Waals surface area contributed by atoms with Gasteiger partial charge in [-0.15, -0.1) is 0 Å². The fourth-order valence-corrected chi connectivity index (χ4v) is 7.53. The average molecular weight is 471 g/mol. The van der Waals surface area contributed by atoms with Crippen LogP contribution in [0.5, 0.6) is 0 Å². The van der Waals surface area contributed by atoms with E-state index in [9.17, 15) is 18.8 Å². The lowest BCUT2D eigenvalue weighted by molar-refractivity contribution is -0.170.